The van der Waals surface area contributed by atoms with E-state index in [9.17, 15) is 0 Å². The minimum Gasteiger partial charge on any atom is -0.0807 e. The molecule has 0 fully saturated rings. The van der Waals surface area contributed by atoms with E-state index in [2.05, 4.69) is 269 Å². The number of halogens is 16. The zero-order valence-electron chi connectivity index (χ0n) is 14.7. The van der Waals surface area contributed by atoms with Crippen LogP contribution in [0.3, 0.4) is 0 Å². The number of hydrogen-bond donors (Lipinski definition) is 0. The van der Waals surface area contributed by atoms with Gasteiger partial charge in [-0.1, -0.05) is 269 Å². The van der Waals surface area contributed by atoms with Crippen LogP contribution in [0, 0.1) is 5.41 Å². The Morgan fingerprint density at radius 1 is 0.548 bits per heavy atom. The van der Waals surface area contributed by atoms with E-state index >= 15 is 0 Å². The summed E-state index contributed by atoms with van der Waals surface area (Å²) < 4.78 is -0.569. The van der Waals surface area contributed by atoms with Crippen LogP contribution in [0.2, 0.25) is 0 Å². The number of hydrogen-bond acceptors (Lipinski definition) is 0. The van der Waals surface area contributed by atoms with E-state index in [1.165, 1.54) is 0 Å². The molecule has 0 bridgehead atoms. The highest BCUT2D eigenvalue weighted by Crippen LogP contribution is 2.80. The molecule has 4 unspecified atom stereocenters. The van der Waals surface area contributed by atoms with Crippen molar-refractivity contribution in [3.63, 3.8) is 0 Å². The molecule has 2 aliphatic rings. The summed E-state index contributed by atoms with van der Waals surface area (Å²) in [5.41, 5.74) is -0.616. The van der Waals surface area contributed by atoms with Gasteiger partial charge in [0.25, 0.3) is 0 Å². The quantitative estimate of drug-likeness (QED) is 0.242. The molecule has 31 heavy (non-hydrogen) atoms. The molecule has 0 nitrogen and oxygen atoms in total. The highest BCUT2D eigenvalue weighted by Gasteiger charge is 2.79. The molecule has 2 rings (SSSR count). The van der Waals surface area contributed by atoms with Gasteiger partial charge in [-0.05, 0) is 0 Å². The summed E-state index contributed by atoms with van der Waals surface area (Å²) in [6.45, 7) is 4.37. The number of rotatable bonds is 2. The van der Waals surface area contributed by atoms with Crippen molar-refractivity contribution in [3.8, 4) is 0 Å². The Kier molecular flexibility index (Phi) is 11.9. The Labute approximate surface area is 316 Å². The maximum absolute atomic E-state index is 4.19. The van der Waals surface area contributed by atoms with Crippen LogP contribution >= 0.6 is 255 Å². The average molecular weight is 1470 g/mol. The zero-order chi connectivity index (χ0) is 25.0. The molecule has 0 N–H and O–H groups in total. The maximum atomic E-state index is 4.19. The van der Waals surface area contributed by atoms with Crippen molar-refractivity contribution in [2.24, 2.45) is 5.41 Å². The molecule has 0 spiro atoms. The minimum atomic E-state index is -0.763. The summed E-state index contributed by atoms with van der Waals surface area (Å²) in [6.07, 6.45) is 0. The van der Waals surface area contributed by atoms with Crippen LogP contribution < -0.4 is 0 Å². The first-order valence-electron chi connectivity index (χ1n) is 7.74. The fourth-order valence-corrected chi connectivity index (χ4v) is 21.4. The van der Waals surface area contributed by atoms with Crippen molar-refractivity contribution in [3.05, 3.63) is 17.9 Å². The van der Waals surface area contributed by atoms with Crippen molar-refractivity contribution in [2.75, 3.05) is 0 Å². The molecule has 16 heteroatoms. The second-order valence-electron chi connectivity index (χ2n) is 7.39. The Balaban J connectivity index is 3.05. The molecule has 4 atom stereocenters. The highest BCUT2D eigenvalue weighted by molar-refractivity contribution is 9.32. The lowest BCUT2D eigenvalue weighted by molar-refractivity contribution is 0.210. The van der Waals surface area contributed by atoms with Gasteiger partial charge >= 0.3 is 0 Å². The lowest BCUT2D eigenvalue weighted by Gasteiger charge is -2.66. The molecule has 0 amide bonds. The Morgan fingerprint density at radius 2 is 0.774 bits per heavy atom. The molecule has 180 valence electrons. The third-order valence-electron chi connectivity index (χ3n) is 5.53. The Hall–Kier alpha value is 7.16. The van der Waals surface area contributed by atoms with Crippen molar-refractivity contribution in [1.82, 2.24) is 0 Å². The van der Waals surface area contributed by atoms with E-state index in [-0.39, 0.29) is 9.65 Å². The van der Waals surface area contributed by atoms with Gasteiger partial charge < -0.3 is 0 Å². The first-order chi connectivity index (χ1) is 13.5. The monoisotopic (exact) mass is 1450 g/mol. The molecule has 0 radical (unpaired) electrons. The molecule has 0 aliphatic heterocycles. The third kappa shape index (κ3) is 4.49. The summed E-state index contributed by atoms with van der Waals surface area (Å²) in [4.78, 5) is -0.206. The van der Waals surface area contributed by atoms with Gasteiger partial charge in [-0.3, -0.25) is 0 Å². The minimum absolute atomic E-state index is 0.103. The van der Waals surface area contributed by atoms with Gasteiger partial charge in [-0.25, -0.2) is 0 Å². The normalized spacial score (nSPS) is 39.7. The lowest BCUT2D eigenvalue weighted by Crippen LogP contribution is -2.74. The van der Waals surface area contributed by atoms with Gasteiger partial charge in [-0.15, -0.1) is 0 Å². The standard InChI is InChI=1S/C15H8Br16/c1-9(2,10(22)5(18)3(16)7(20)12(24,25)14(10,28)29)11(23)6(19)4(17)8(21)13(26,27)15(11,30)31/h7-8H,1-2H3. The smallest absolute Gasteiger partial charge is 0.0807 e. The topological polar surface area (TPSA) is 0 Å². The summed E-state index contributed by atoms with van der Waals surface area (Å²) in [6, 6.07) is 0. The summed E-state index contributed by atoms with van der Waals surface area (Å²) in [5, 5.41) is 0. The largest absolute Gasteiger partial charge is 0.127 e. The average Bonchev–Trinajstić information content (AvgIpc) is 2.66. The van der Waals surface area contributed by atoms with Crippen molar-refractivity contribution >= 4 is 255 Å². The van der Waals surface area contributed by atoms with Gasteiger partial charge in [0.15, 0.2) is 0 Å². The maximum Gasteiger partial charge on any atom is 0.127 e. The van der Waals surface area contributed by atoms with Crippen LogP contribution in [0.15, 0.2) is 17.9 Å². The Bertz CT molecular complexity index is 785. The van der Waals surface area contributed by atoms with Crippen molar-refractivity contribution in [1.29, 1.82) is 0 Å². The van der Waals surface area contributed by atoms with E-state index in [0.717, 1.165) is 17.9 Å². The summed E-state index contributed by atoms with van der Waals surface area (Å²) in [7, 11) is 0. The molecule has 0 aromatic rings. The molecule has 0 aromatic heterocycles. The van der Waals surface area contributed by atoms with Crippen LogP contribution in [-0.4, -0.2) is 31.2 Å². The molecule has 2 aliphatic carbocycles. The van der Waals surface area contributed by atoms with Crippen LogP contribution in [0.25, 0.3) is 0 Å². The second-order valence-corrected chi connectivity index (χ2v) is 28.9. The molecular weight excluding hydrogens is 1460 g/mol. The van der Waals surface area contributed by atoms with E-state index in [1.807, 2.05) is 0 Å². The van der Waals surface area contributed by atoms with Gasteiger partial charge in [0.2, 0.25) is 0 Å². The van der Waals surface area contributed by atoms with Gasteiger partial charge in [0, 0.05) is 23.3 Å². The fraction of sp³-hybridized carbons (Fsp3) is 0.733. The summed E-state index contributed by atoms with van der Waals surface area (Å²) >= 11 is 63.1. The Morgan fingerprint density at radius 3 is 1.00 bits per heavy atom. The zero-order valence-corrected chi connectivity index (χ0v) is 40.1. The fourth-order valence-electron chi connectivity index (χ4n) is 3.49. The third-order valence-corrected chi connectivity index (χ3v) is 36.8. The molecule has 0 saturated carbocycles. The van der Waals surface area contributed by atoms with Gasteiger partial charge in [-0.2, -0.15) is 0 Å². The SMILES string of the molecule is CC(C)(C1(Br)C(Br)=C(Br)C(Br)C(Br)(Br)C1(Br)Br)C1(Br)C(Br)=C(Br)C(Br)C(Br)(Br)C1(Br)Br. The predicted molar refractivity (Wildman–Crippen MR) is 195 cm³/mol. The number of allylic oxidation sites excluding steroid dienone is 4. The number of alkyl halides is 12. The second kappa shape index (κ2) is 10.8. The van der Waals surface area contributed by atoms with Gasteiger partial charge in [0.1, 0.15) is 12.9 Å². The van der Waals surface area contributed by atoms with Crippen LogP contribution in [-0.2, 0) is 0 Å². The van der Waals surface area contributed by atoms with Gasteiger partial charge in [0.05, 0.1) is 18.3 Å². The first-order valence-corrected chi connectivity index (χ1v) is 20.7. The van der Waals surface area contributed by atoms with E-state index in [1.54, 1.807) is 0 Å². The van der Waals surface area contributed by atoms with Crippen LogP contribution in [0.5, 0.6) is 0 Å². The van der Waals surface area contributed by atoms with Crippen molar-refractivity contribution in [2.45, 2.75) is 45.1 Å². The van der Waals surface area contributed by atoms with E-state index in [4.69, 9.17) is 0 Å². The van der Waals surface area contributed by atoms with Crippen molar-refractivity contribution < 1.29 is 0 Å². The van der Waals surface area contributed by atoms with E-state index in [0.29, 0.717) is 0 Å². The molecule has 0 heterocycles. The van der Waals surface area contributed by atoms with E-state index < -0.39 is 27.0 Å². The summed E-state index contributed by atoms with van der Waals surface area (Å²) in [5.74, 6) is 0. The predicted octanol–water partition coefficient (Wildman–Crippen LogP) is 13.8. The lowest BCUT2D eigenvalue weighted by atomic mass is 9.63. The highest BCUT2D eigenvalue weighted by atomic mass is 79.9. The molecule has 0 saturated heterocycles. The first kappa shape index (κ1) is 34.4. The van der Waals surface area contributed by atoms with Crippen LogP contribution in [0.1, 0.15) is 13.8 Å². The molecule has 0 aromatic carbocycles. The molecular formula is C15H8Br16. The van der Waals surface area contributed by atoms with Crippen LogP contribution in [0.4, 0.5) is 0 Å².